The van der Waals surface area contributed by atoms with Crippen LogP contribution in [0.5, 0.6) is 0 Å². The van der Waals surface area contributed by atoms with E-state index in [0.717, 1.165) is 71.6 Å². The Bertz CT molecular complexity index is 648. The first-order chi connectivity index (χ1) is 13.7. The molecule has 0 bridgehead atoms. The van der Waals surface area contributed by atoms with E-state index in [2.05, 4.69) is 23.1 Å². The molecular weight excluding hydrogens is 356 g/mol. The summed E-state index contributed by atoms with van der Waals surface area (Å²) in [5, 5.41) is 4.38. The molecule has 7 heteroatoms. The van der Waals surface area contributed by atoms with Gasteiger partial charge in [0.15, 0.2) is 0 Å². The summed E-state index contributed by atoms with van der Waals surface area (Å²) < 4.78 is 13.6. The average Bonchev–Trinajstić information content (AvgIpc) is 3.18. The molecule has 1 atom stereocenters. The second-order valence-electron chi connectivity index (χ2n) is 8.57. The fourth-order valence-electron chi connectivity index (χ4n) is 4.88. The molecule has 1 amide bonds. The molecule has 1 aromatic heterocycles. The number of aryl methyl sites for hydroxylation is 1. The van der Waals surface area contributed by atoms with Gasteiger partial charge in [0.1, 0.15) is 0 Å². The van der Waals surface area contributed by atoms with Gasteiger partial charge in [-0.3, -0.25) is 14.4 Å². The first-order valence-electron chi connectivity index (χ1n) is 10.9. The lowest BCUT2D eigenvalue weighted by atomic mass is 9.78. The summed E-state index contributed by atoms with van der Waals surface area (Å²) in [7, 11) is 0. The van der Waals surface area contributed by atoms with Crippen molar-refractivity contribution in [1.82, 2.24) is 19.6 Å². The lowest BCUT2D eigenvalue weighted by Crippen LogP contribution is -2.50. The van der Waals surface area contributed by atoms with E-state index in [1.165, 1.54) is 5.56 Å². The van der Waals surface area contributed by atoms with Gasteiger partial charge in [0.2, 0.25) is 5.91 Å². The molecule has 3 saturated heterocycles. The third-order valence-electron chi connectivity index (χ3n) is 6.61. The molecular formula is C21H34N4O3. The number of rotatable bonds is 5. The maximum absolute atomic E-state index is 12.6. The number of likely N-dealkylation sites (tertiary alicyclic amines) is 1. The zero-order valence-electron chi connectivity index (χ0n) is 17.1. The highest BCUT2D eigenvalue weighted by Gasteiger charge is 2.41. The molecule has 156 valence electrons. The maximum atomic E-state index is 12.6. The molecule has 3 fully saturated rings. The van der Waals surface area contributed by atoms with Crippen LogP contribution in [0, 0.1) is 5.92 Å². The first kappa shape index (κ1) is 19.9. The van der Waals surface area contributed by atoms with Crippen LogP contribution >= 0.6 is 0 Å². The summed E-state index contributed by atoms with van der Waals surface area (Å²) in [6, 6.07) is 0. The van der Waals surface area contributed by atoms with E-state index in [-0.39, 0.29) is 5.60 Å². The molecule has 0 aliphatic carbocycles. The van der Waals surface area contributed by atoms with Crippen LogP contribution in [0.25, 0.3) is 0 Å². The number of amides is 1. The highest BCUT2D eigenvalue weighted by molar-refractivity contribution is 5.76. The van der Waals surface area contributed by atoms with Gasteiger partial charge in [-0.2, -0.15) is 5.10 Å². The first-order valence-corrected chi connectivity index (χ1v) is 10.9. The van der Waals surface area contributed by atoms with Gasteiger partial charge in [-0.05, 0) is 38.5 Å². The fraction of sp³-hybridized carbons (Fsp3) is 0.810. The highest BCUT2D eigenvalue weighted by atomic mass is 16.5. The number of piperidine rings is 1. The van der Waals surface area contributed by atoms with Crippen LogP contribution in [-0.4, -0.2) is 77.1 Å². The summed E-state index contributed by atoms with van der Waals surface area (Å²) in [6.45, 7) is 9.76. The molecule has 0 aromatic carbocycles. The van der Waals surface area contributed by atoms with E-state index in [9.17, 15) is 4.79 Å². The molecule has 4 heterocycles. The van der Waals surface area contributed by atoms with Crippen molar-refractivity contribution in [2.24, 2.45) is 5.92 Å². The average molecular weight is 391 g/mol. The predicted octanol–water partition coefficient (Wildman–Crippen LogP) is 1.91. The largest absolute Gasteiger partial charge is 0.378 e. The van der Waals surface area contributed by atoms with Gasteiger partial charge < -0.3 is 14.4 Å². The minimum absolute atomic E-state index is 0.0156. The summed E-state index contributed by atoms with van der Waals surface area (Å²) in [5.74, 6) is 0.758. The zero-order valence-corrected chi connectivity index (χ0v) is 17.1. The number of carbonyl (C=O) groups excluding carboxylic acids is 1. The van der Waals surface area contributed by atoms with Crippen LogP contribution in [0.15, 0.2) is 12.4 Å². The second-order valence-corrected chi connectivity index (χ2v) is 8.57. The van der Waals surface area contributed by atoms with Crippen molar-refractivity contribution in [3.63, 3.8) is 0 Å². The van der Waals surface area contributed by atoms with E-state index in [4.69, 9.17) is 9.47 Å². The lowest BCUT2D eigenvalue weighted by Gasteiger charge is -2.46. The summed E-state index contributed by atoms with van der Waals surface area (Å²) in [5.41, 5.74) is 1.27. The smallest absolute Gasteiger partial charge is 0.223 e. The van der Waals surface area contributed by atoms with Crippen molar-refractivity contribution in [2.75, 3.05) is 46.0 Å². The number of carbonyl (C=O) groups is 1. The van der Waals surface area contributed by atoms with E-state index in [0.29, 0.717) is 31.5 Å². The molecule has 4 rings (SSSR count). The monoisotopic (exact) mass is 390 g/mol. The Morgan fingerprint density at radius 3 is 2.71 bits per heavy atom. The topological polar surface area (TPSA) is 59.8 Å². The van der Waals surface area contributed by atoms with Gasteiger partial charge >= 0.3 is 0 Å². The summed E-state index contributed by atoms with van der Waals surface area (Å²) >= 11 is 0. The van der Waals surface area contributed by atoms with Crippen LogP contribution in [0.3, 0.4) is 0 Å². The number of aromatic nitrogens is 2. The Balaban J connectivity index is 1.26. The predicted molar refractivity (Wildman–Crippen MR) is 106 cm³/mol. The second kappa shape index (κ2) is 8.93. The van der Waals surface area contributed by atoms with Gasteiger partial charge in [-0.15, -0.1) is 0 Å². The lowest BCUT2D eigenvalue weighted by molar-refractivity contribution is -0.145. The highest BCUT2D eigenvalue weighted by Crippen LogP contribution is 2.39. The van der Waals surface area contributed by atoms with Crippen LogP contribution in [-0.2, 0) is 27.4 Å². The molecule has 3 aliphatic rings. The standard InChI is InChI=1S/C21H34N4O3/c1-2-25-17-19(15-22-25)16-23-6-4-21(5-7-23)14-18(3-10-28-21)13-20(26)24-8-11-27-12-9-24/h15,17-18H,2-14,16H2,1H3. The van der Waals surface area contributed by atoms with Crippen molar-refractivity contribution in [1.29, 1.82) is 0 Å². The summed E-state index contributed by atoms with van der Waals surface area (Å²) in [6.07, 6.45) is 8.98. The Morgan fingerprint density at radius 1 is 1.21 bits per heavy atom. The molecule has 1 unspecified atom stereocenters. The number of hydrogen-bond acceptors (Lipinski definition) is 5. The number of hydrogen-bond donors (Lipinski definition) is 0. The van der Waals surface area contributed by atoms with Crippen molar-refractivity contribution < 1.29 is 14.3 Å². The number of nitrogens with zero attached hydrogens (tertiary/aromatic N) is 4. The Kier molecular flexibility index (Phi) is 6.33. The SMILES string of the molecule is CCn1cc(CN2CCC3(CC2)CC(CC(=O)N2CCOCC2)CCO3)cn1. The molecule has 0 radical (unpaired) electrons. The minimum atomic E-state index is -0.0156. The Labute approximate surface area is 167 Å². The van der Waals surface area contributed by atoms with Gasteiger partial charge in [0, 0.05) is 64.1 Å². The van der Waals surface area contributed by atoms with Crippen LogP contribution in [0.1, 0.15) is 44.6 Å². The Morgan fingerprint density at radius 2 is 2.00 bits per heavy atom. The molecule has 0 saturated carbocycles. The van der Waals surface area contributed by atoms with Crippen LogP contribution in [0.4, 0.5) is 0 Å². The minimum Gasteiger partial charge on any atom is -0.378 e. The van der Waals surface area contributed by atoms with Gasteiger partial charge in [-0.1, -0.05) is 0 Å². The molecule has 1 aromatic rings. The maximum Gasteiger partial charge on any atom is 0.223 e. The molecule has 0 N–H and O–H groups in total. The van der Waals surface area contributed by atoms with Crippen molar-refractivity contribution in [2.45, 2.75) is 57.7 Å². The Hall–Kier alpha value is -1.44. The van der Waals surface area contributed by atoms with Crippen molar-refractivity contribution >= 4 is 5.91 Å². The quantitative estimate of drug-likeness (QED) is 0.769. The van der Waals surface area contributed by atoms with Crippen LogP contribution < -0.4 is 0 Å². The summed E-state index contributed by atoms with van der Waals surface area (Å²) in [4.78, 5) is 17.1. The van der Waals surface area contributed by atoms with Crippen molar-refractivity contribution in [3.05, 3.63) is 18.0 Å². The van der Waals surface area contributed by atoms with Gasteiger partial charge in [0.05, 0.1) is 25.0 Å². The molecule has 7 nitrogen and oxygen atoms in total. The van der Waals surface area contributed by atoms with E-state index in [1.807, 2.05) is 15.8 Å². The zero-order chi connectivity index (χ0) is 19.4. The van der Waals surface area contributed by atoms with Crippen molar-refractivity contribution in [3.8, 4) is 0 Å². The van der Waals surface area contributed by atoms with Gasteiger partial charge in [-0.25, -0.2) is 0 Å². The number of morpholine rings is 1. The third-order valence-corrected chi connectivity index (χ3v) is 6.61. The fourth-order valence-corrected chi connectivity index (χ4v) is 4.88. The van der Waals surface area contributed by atoms with Gasteiger partial charge in [0.25, 0.3) is 0 Å². The third kappa shape index (κ3) is 4.75. The molecule has 3 aliphatic heterocycles. The number of ether oxygens (including phenoxy) is 2. The van der Waals surface area contributed by atoms with E-state index >= 15 is 0 Å². The van der Waals surface area contributed by atoms with E-state index in [1.54, 1.807) is 0 Å². The normalized spacial score (nSPS) is 25.9. The van der Waals surface area contributed by atoms with E-state index < -0.39 is 0 Å². The molecule has 28 heavy (non-hydrogen) atoms. The van der Waals surface area contributed by atoms with Crippen LogP contribution in [0.2, 0.25) is 0 Å². The molecule has 1 spiro atoms.